The van der Waals surface area contributed by atoms with Crippen molar-refractivity contribution in [2.75, 3.05) is 19.8 Å². The molecule has 1 aliphatic carbocycles. The normalized spacial score (nSPS) is 26.8. The average molecular weight is 213 g/mol. The fraction of sp³-hybridized carbons (Fsp3) is 1.00. The second-order valence-electron chi connectivity index (χ2n) is 5.26. The average Bonchev–Trinajstić information content (AvgIpc) is 2.98. The fourth-order valence-corrected chi connectivity index (χ4v) is 1.91. The molecule has 88 valence electrons. The highest BCUT2D eigenvalue weighted by Crippen LogP contribution is 2.33. The summed E-state index contributed by atoms with van der Waals surface area (Å²) in [7, 11) is 0. The van der Waals surface area contributed by atoms with E-state index in [1.807, 2.05) is 13.8 Å². The Morgan fingerprint density at radius 1 is 1.20 bits per heavy atom. The maximum atomic E-state index is 5.58. The van der Waals surface area contributed by atoms with Crippen LogP contribution in [0.25, 0.3) is 0 Å². The van der Waals surface area contributed by atoms with Gasteiger partial charge in [0, 0.05) is 0 Å². The largest absolute Gasteiger partial charge is 0.349 e. The van der Waals surface area contributed by atoms with Gasteiger partial charge in [-0.2, -0.15) is 0 Å². The lowest BCUT2D eigenvalue weighted by Crippen LogP contribution is -2.48. The van der Waals surface area contributed by atoms with Crippen molar-refractivity contribution in [3.8, 4) is 0 Å². The summed E-state index contributed by atoms with van der Waals surface area (Å²) in [6.07, 6.45) is 5.62. The van der Waals surface area contributed by atoms with Crippen LogP contribution >= 0.6 is 0 Å². The number of nitrogens with one attached hydrogen (secondary N) is 1. The van der Waals surface area contributed by atoms with E-state index in [0.29, 0.717) is 6.04 Å². The van der Waals surface area contributed by atoms with Gasteiger partial charge in [0.1, 0.15) is 0 Å². The van der Waals surface area contributed by atoms with Gasteiger partial charge in [-0.25, -0.2) is 0 Å². The molecule has 1 saturated carbocycles. The first-order valence-corrected chi connectivity index (χ1v) is 6.17. The molecule has 1 N–H and O–H groups in total. The van der Waals surface area contributed by atoms with E-state index in [9.17, 15) is 0 Å². The van der Waals surface area contributed by atoms with Gasteiger partial charge in [-0.05, 0) is 39.2 Å². The zero-order chi connectivity index (χ0) is 10.7. The molecule has 0 aromatic carbocycles. The molecule has 0 aromatic rings. The molecule has 0 atom stereocenters. The van der Waals surface area contributed by atoms with Crippen LogP contribution in [0.4, 0.5) is 0 Å². The lowest BCUT2D eigenvalue weighted by atomic mass is 10.2. The Morgan fingerprint density at radius 3 is 2.47 bits per heavy atom. The Kier molecular flexibility index (Phi) is 3.65. The van der Waals surface area contributed by atoms with E-state index in [2.05, 4.69) is 5.32 Å². The minimum absolute atomic E-state index is 0.383. The van der Waals surface area contributed by atoms with Crippen molar-refractivity contribution in [3.63, 3.8) is 0 Å². The van der Waals surface area contributed by atoms with Gasteiger partial charge in [0.2, 0.25) is 0 Å². The highest BCUT2D eigenvalue weighted by atomic mass is 16.7. The molecule has 0 bridgehead atoms. The first-order valence-electron chi connectivity index (χ1n) is 6.17. The van der Waals surface area contributed by atoms with E-state index >= 15 is 0 Å². The standard InChI is InChI=1S/C12H23NO2/c1-12(2)14-8-11(9-15-12)13-7-3-4-10-5-6-10/h10-11,13H,3-9H2,1-2H3. The summed E-state index contributed by atoms with van der Waals surface area (Å²) < 4.78 is 11.2. The maximum Gasteiger partial charge on any atom is 0.162 e. The highest BCUT2D eigenvalue weighted by Gasteiger charge is 2.27. The van der Waals surface area contributed by atoms with Gasteiger partial charge in [-0.15, -0.1) is 0 Å². The third-order valence-corrected chi connectivity index (χ3v) is 3.18. The van der Waals surface area contributed by atoms with Crippen molar-refractivity contribution < 1.29 is 9.47 Å². The van der Waals surface area contributed by atoms with Crippen LogP contribution < -0.4 is 5.32 Å². The lowest BCUT2D eigenvalue weighted by Gasteiger charge is -2.35. The number of hydrogen-bond acceptors (Lipinski definition) is 3. The Hall–Kier alpha value is -0.120. The molecule has 2 fully saturated rings. The molecule has 3 heteroatoms. The second kappa shape index (κ2) is 4.81. The van der Waals surface area contributed by atoms with E-state index in [1.165, 1.54) is 25.7 Å². The monoisotopic (exact) mass is 213 g/mol. The minimum Gasteiger partial charge on any atom is -0.349 e. The summed E-state index contributed by atoms with van der Waals surface area (Å²) in [6.45, 7) is 6.59. The third kappa shape index (κ3) is 4.09. The van der Waals surface area contributed by atoms with E-state index < -0.39 is 0 Å². The van der Waals surface area contributed by atoms with Crippen molar-refractivity contribution >= 4 is 0 Å². The van der Waals surface area contributed by atoms with Crippen LogP contribution in [0.3, 0.4) is 0 Å². The topological polar surface area (TPSA) is 30.5 Å². The van der Waals surface area contributed by atoms with Crippen LogP contribution in [0.5, 0.6) is 0 Å². The predicted octanol–water partition coefficient (Wildman–Crippen LogP) is 1.92. The van der Waals surface area contributed by atoms with E-state index in [4.69, 9.17) is 9.47 Å². The van der Waals surface area contributed by atoms with Gasteiger partial charge in [0.15, 0.2) is 5.79 Å². The fourth-order valence-electron chi connectivity index (χ4n) is 1.91. The quantitative estimate of drug-likeness (QED) is 0.708. The van der Waals surface area contributed by atoms with E-state index in [1.54, 1.807) is 0 Å². The molecule has 0 unspecified atom stereocenters. The van der Waals surface area contributed by atoms with Crippen molar-refractivity contribution in [2.45, 2.75) is 51.4 Å². The smallest absolute Gasteiger partial charge is 0.162 e. The van der Waals surface area contributed by atoms with Gasteiger partial charge in [-0.1, -0.05) is 12.8 Å². The van der Waals surface area contributed by atoms with Crippen LogP contribution in [0, 0.1) is 5.92 Å². The zero-order valence-corrected chi connectivity index (χ0v) is 9.92. The van der Waals surface area contributed by atoms with Crippen LogP contribution in [0.1, 0.15) is 39.5 Å². The molecule has 15 heavy (non-hydrogen) atoms. The van der Waals surface area contributed by atoms with Crippen LogP contribution in [-0.2, 0) is 9.47 Å². The van der Waals surface area contributed by atoms with Crippen LogP contribution in [0.15, 0.2) is 0 Å². The molecule has 0 spiro atoms. The van der Waals surface area contributed by atoms with Gasteiger partial charge in [0.25, 0.3) is 0 Å². The first kappa shape index (κ1) is 11.4. The zero-order valence-electron chi connectivity index (χ0n) is 9.92. The maximum absolute atomic E-state index is 5.58. The van der Waals surface area contributed by atoms with Crippen molar-refractivity contribution in [3.05, 3.63) is 0 Å². The summed E-state index contributed by atoms with van der Waals surface area (Å²) in [4.78, 5) is 0. The number of ether oxygens (including phenoxy) is 2. The first-order chi connectivity index (χ1) is 7.16. The summed E-state index contributed by atoms with van der Waals surface area (Å²) >= 11 is 0. The lowest BCUT2D eigenvalue weighted by molar-refractivity contribution is -0.252. The van der Waals surface area contributed by atoms with E-state index in [-0.39, 0.29) is 5.79 Å². The molecule has 0 aromatic heterocycles. The third-order valence-electron chi connectivity index (χ3n) is 3.18. The summed E-state index contributed by atoms with van der Waals surface area (Å²) in [5, 5.41) is 3.49. The number of hydrogen-bond donors (Lipinski definition) is 1. The molecular weight excluding hydrogens is 190 g/mol. The summed E-state index contributed by atoms with van der Waals surface area (Å²) in [6, 6.07) is 0.386. The van der Waals surface area contributed by atoms with Gasteiger partial charge < -0.3 is 14.8 Å². The Balaban J connectivity index is 1.52. The predicted molar refractivity (Wildman–Crippen MR) is 59.7 cm³/mol. The molecule has 1 heterocycles. The van der Waals surface area contributed by atoms with Gasteiger partial charge in [0.05, 0.1) is 19.3 Å². The Morgan fingerprint density at radius 2 is 1.87 bits per heavy atom. The number of rotatable bonds is 5. The molecule has 0 amide bonds. The second-order valence-corrected chi connectivity index (χ2v) is 5.26. The van der Waals surface area contributed by atoms with Crippen LogP contribution in [0.2, 0.25) is 0 Å². The van der Waals surface area contributed by atoms with Crippen molar-refractivity contribution in [2.24, 2.45) is 5.92 Å². The summed E-state index contributed by atoms with van der Waals surface area (Å²) in [5.41, 5.74) is 0. The molecule has 2 aliphatic rings. The Bertz CT molecular complexity index is 192. The summed E-state index contributed by atoms with van der Waals surface area (Å²) in [5.74, 6) is 0.663. The molecule has 2 rings (SSSR count). The Labute approximate surface area is 92.5 Å². The highest BCUT2D eigenvalue weighted by molar-refractivity contribution is 4.75. The molecular formula is C12H23NO2. The van der Waals surface area contributed by atoms with Crippen molar-refractivity contribution in [1.82, 2.24) is 5.32 Å². The molecule has 1 saturated heterocycles. The van der Waals surface area contributed by atoms with Gasteiger partial charge >= 0.3 is 0 Å². The minimum atomic E-state index is -0.383. The van der Waals surface area contributed by atoms with E-state index in [0.717, 1.165) is 25.7 Å². The van der Waals surface area contributed by atoms with Crippen molar-refractivity contribution in [1.29, 1.82) is 0 Å². The SMILES string of the molecule is CC1(C)OCC(NCCCC2CC2)CO1. The van der Waals surface area contributed by atoms with Crippen LogP contribution in [-0.4, -0.2) is 31.6 Å². The molecule has 0 radical (unpaired) electrons. The molecule has 1 aliphatic heterocycles. The molecule has 3 nitrogen and oxygen atoms in total. The van der Waals surface area contributed by atoms with Gasteiger partial charge in [-0.3, -0.25) is 0 Å².